The number of esters is 1. The van der Waals surface area contributed by atoms with E-state index in [1.165, 1.54) is 0 Å². The Hall–Kier alpha value is -3.02. The number of carboxylic acid groups (broad SMARTS) is 1. The molecule has 0 heterocycles. The lowest BCUT2D eigenvalue weighted by atomic mass is 9.86. The van der Waals surface area contributed by atoms with Crippen molar-refractivity contribution in [2.24, 2.45) is 5.92 Å². The molecule has 2 unspecified atom stereocenters. The molecule has 2 aromatic carbocycles. The minimum atomic E-state index is -1.33. The molecule has 6 heteroatoms. The van der Waals surface area contributed by atoms with Gasteiger partial charge in [0.15, 0.2) is 5.92 Å². The predicted molar refractivity (Wildman–Crippen MR) is 95.8 cm³/mol. The van der Waals surface area contributed by atoms with E-state index in [4.69, 9.17) is 16.2 Å². The van der Waals surface area contributed by atoms with E-state index < -0.39 is 23.8 Å². The summed E-state index contributed by atoms with van der Waals surface area (Å²) in [4.78, 5) is 24.0. The van der Waals surface area contributed by atoms with Gasteiger partial charge in [-0.05, 0) is 29.7 Å². The smallest absolute Gasteiger partial charge is 0.321 e. The molecule has 0 fully saturated rings. The van der Waals surface area contributed by atoms with Crippen molar-refractivity contribution in [2.45, 2.75) is 26.4 Å². The van der Waals surface area contributed by atoms with E-state index in [2.05, 4.69) is 0 Å². The fraction of sp³-hybridized carbons (Fsp3) is 0.263. The number of anilines is 2. The SMILES string of the molecule is Cc1cc(C(C)C(C(=O)O)C(=O)OCc2ccccc2)cc(N)c1N. The summed E-state index contributed by atoms with van der Waals surface area (Å²) in [6, 6.07) is 12.4. The van der Waals surface area contributed by atoms with Crippen molar-refractivity contribution in [1.82, 2.24) is 0 Å². The average molecular weight is 342 g/mol. The Morgan fingerprint density at radius 1 is 1.16 bits per heavy atom. The third-order valence-corrected chi connectivity index (χ3v) is 4.21. The molecule has 0 saturated carbocycles. The summed E-state index contributed by atoms with van der Waals surface area (Å²) >= 11 is 0. The molecule has 0 amide bonds. The van der Waals surface area contributed by atoms with Crippen LogP contribution in [0, 0.1) is 12.8 Å². The number of carbonyl (C=O) groups excluding carboxylic acids is 1. The van der Waals surface area contributed by atoms with Gasteiger partial charge in [0.2, 0.25) is 0 Å². The number of nitrogen functional groups attached to an aromatic ring is 2. The summed E-state index contributed by atoms with van der Waals surface area (Å²) in [5, 5.41) is 9.51. The summed E-state index contributed by atoms with van der Waals surface area (Å²) in [5.41, 5.74) is 14.7. The molecule has 5 N–H and O–H groups in total. The highest BCUT2D eigenvalue weighted by molar-refractivity contribution is 5.95. The first-order valence-corrected chi connectivity index (χ1v) is 7.90. The molecule has 0 spiro atoms. The number of ether oxygens (including phenoxy) is 1. The highest BCUT2D eigenvalue weighted by Gasteiger charge is 2.35. The van der Waals surface area contributed by atoms with Gasteiger partial charge in [0.1, 0.15) is 6.61 Å². The van der Waals surface area contributed by atoms with Crippen molar-refractivity contribution in [2.75, 3.05) is 11.5 Å². The number of carbonyl (C=O) groups is 2. The molecule has 2 aromatic rings. The van der Waals surface area contributed by atoms with Crippen LogP contribution in [0.15, 0.2) is 42.5 Å². The number of aryl methyl sites for hydroxylation is 1. The number of carboxylic acids is 1. The number of benzene rings is 2. The Bertz CT molecular complexity index is 751. The number of hydrogen-bond donors (Lipinski definition) is 3. The number of rotatable bonds is 6. The van der Waals surface area contributed by atoms with Gasteiger partial charge in [-0.2, -0.15) is 0 Å². The second kappa shape index (κ2) is 7.70. The van der Waals surface area contributed by atoms with Crippen LogP contribution >= 0.6 is 0 Å². The van der Waals surface area contributed by atoms with Crippen LogP contribution < -0.4 is 11.5 Å². The van der Waals surface area contributed by atoms with Gasteiger partial charge in [-0.1, -0.05) is 43.3 Å². The Morgan fingerprint density at radius 2 is 1.80 bits per heavy atom. The highest BCUT2D eigenvalue weighted by atomic mass is 16.5. The molecule has 2 atom stereocenters. The van der Waals surface area contributed by atoms with Crippen LogP contribution in [0.3, 0.4) is 0 Å². The Kier molecular flexibility index (Phi) is 5.64. The maximum Gasteiger partial charge on any atom is 0.321 e. The van der Waals surface area contributed by atoms with Crippen LogP contribution in [0.1, 0.15) is 29.5 Å². The van der Waals surface area contributed by atoms with Crippen molar-refractivity contribution in [3.8, 4) is 0 Å². The Balaban J connectivity index is 2.19. The normalized spacial score (nSPS) is 13.0. The maximum absolute atomic E-state index is 12.4. The van der Waals surface area contributed by atoms with Gasteiger partial charge in [0.25, 0.3) is 0 Å². The van der Waals surface area contributed by atoms with Gasteiger partial charge in [0, 0.05) is 5.92 Å². The molecule has 6 nitrogen and oxygen atoms in total. The van der Waals surface area contributed by atoms with Crippen LogP contribution in [0.25, 0.3) is 0 Å². The van der Waals surface area contributed by atoms with Gasteiger partial charge in [-0.15, -0.1) is 0 Å². The van der Waals surface area contributed by atoms with Gasteiger partial charge >= 0.3 is 11.9 Å². The lowest BCUT2D eigenvalue weighted by molar-refractivity contribution is -0.160. The third kappa shape index (κ3) is 4.29. The van der Waals surface area contributed by atoms with E-state index in [0.717, 1.165) is 11.1 Å². The first kappa shape index (κ1) is 18.3. The lowest BCUT2D eigenvalue weighted by Gasteiger charge is -2.21. The molecule has 0 aliphatic heterocycles. The molecule has 0 aliphatic carbocycles. The van der Waals surface area contributed by atoms with E-state index >= 15 is 0 Å². The minimum absolute atomic E-state index is 0.0269. The second-order valence-corrected chi connectivity index (χ2v) is 6.04. The quantitative estimate of drug-likeness (QED) is 0.422. The second-order valence-electron chi connectivity index (χ2n) is 6.04. The first-order chi connectivity index (χ1) is 11.8. The van der Waals surface area contributed by atoms with Crippen molar-refractivity contribution >= 4 is 23.3 Å². The molecule has 25 heavy (non-hydrogen) atoms. The summed E-state index contributed by atoms with van der Waals surface area (Å²) in [5.74, 6) is -3.95. The van der Waals surface area contributed by atoms with Crippen molar-refractivity contribution in [3.63, 3.8) is 0 Å². The molecule has 2 rings (SSSR count). The Morgan fingerprint density at radius 3 is 2.36 bits per heavy atom. The van der Waals surface area contributed by atoms with Gasteiger partial charge in [0.05, 0.1) is 11.4 Å². The standard InChI is InChI=1S/C19H22N2O4/c1-11-8-14(9-15(20)17(11)21)12(2)16(18(22)23)19(24)25-10-13-6-4-3-5-7-13/h3-9,12,16H,10,20-21H2,1-2H3,(H,22,23). The Labute approximate surface area is 146 Å². The molecule has 132 valence electrons. The zero-order valence-corrected chi connectivity index (χ0v) is 14.2. The molecular formula is C19H22N2O4. The van der Waals surface area contributed by atoms with Crippen molar-refractivity contribution < 1.29 is 19.4 Å². The zero-order chi connectivity index (χ0) is 18.6. The van der Waals surface area contributed by atoms with E-state index in [-0.39, 0.29) is 6.61 Å². The van der Waals surface area contributed by atoms with Gasteiger partial charge in [-0.3, -0.25) is 9.59 Å². The predicted octanol–water partition coefficient (Wildman–Crippen LogP) is 2.71. The largest absolute Gasteiger partial charge is 0.481 e. The topological polar surface area (TPSA) is 116 Å². The van der Waals surface area contributed by atoms with Crippen molar-refractivity contribution in [3.05, 3.63) is 59.2 Å². The summed E-state index contributed by atoms with van der Waals surface area (Å²) < 4.78 is 5.20. The average Bonchev–Trinajstić information content (AvgIpc) is 2.58. The lowest BCUT2D eigenvalue weighted by Crippen LogP contribution is -2.30. The molecule has 0 aromatic heterocycles. The monoisotopic (exact) mass is 342 g/mol. The summed E-state index contributed by atoms with van der Waals surface area (Å²) in [6.45, 7) is 3.47. The molecule has 0 bridgehead atoms. The zero-order valence-electron chi connectivity index (χ0n) is 14.2. The van der Waals surface area contributed by atoms with Crippen LogP contribution in [0.5, 0.6) is 0 Å². The molecule has 0 radical (unpaired) electrons. The molecule has 0 aliphatic rings. The first-order valence-electron chi connectivity index (χ1n) is 7.90. The molecule has 0 saturated heterocycles. The highest BCUT2D eigenvalue weighted by Crippen LogP contribution is 2.31. The van der Waals surface area contributed by atoms with Crippen LogP contribution in [0.4, 0.5) is 11.4 Å². The van der Waals surface area contributed by atoms with Gasteiger partial charge < -0.3 is 21.3 Å². The third-order valence-electron chi connectivity index (χ3n) is 4.21. The van der Waals surface area contributed by atoms with E-state index in [0.29, 0.717) is 16.9 Å². The summed E-state index contributed by atoms with van der Waals surface area (Å²) in [7, 11) is 0. The van der Waals surface area contributed by atoms with Crippen LogP contribution in [-0.4, -0.2) is 17.0 Å². The van der Waals surface area contributed by atoms with Crippen molar-refractivity contribution in [1.29, 1.82) is 0 Å². The fourth-order valence-corrected chi connectivity index (χ4v) is 2.65. The van der Waals surface area contributed by atoms with E-state index in [1.807, 2.05) is 18.2 Å². The summed E-state index contributed by atoms with van der Waals surface area (Å²) in [6.07, 6.45) is 0. The number of nitrogens with two attached hydrogens (primary N) is 2. The number of hydrogen-bond acceptors (Lipinski definition) is 5. The van der Waals surface area contributed by atoms with E-state index in [9.17, 15) is 14.7 Å². The minimum Gasteiger partial charge on any atom is -0.481 e. The molecular weight excluding hydrogens is 320 g/mol. The fourth-order valence-electron chi connectivity index (χ4n) is 2.65. The van der Waals surface area contributed by atoms with Gasteiger partial charge in [-0.25, -0.2) is 0 Å². The van der Waals surface area contributed by atoms with Crippen LogP contribution in [0.2, 0.25) is 0 Å². The maximum atomic E-state index is 12.4. The number of aliphatic carboxylic acids is 1. The van der Waals surface area contributed by atoms with E-state index in [1.54, 1.807) is 38.1 Å². The van der Waals surface area contributed by atoms with Crippen LogP contribution in [-0.2, 0) is 20.9 Å².